The largest absolute Gasteiger partial charge is 0.547 e. The highest BCUT2D eigenvalue weighted by Crippen LogP contribution is 2.38. The Kier molecular flexibility index (Phi) is 4.81. The van der Waals surface area contributed by atoms with Crippen molar-refractivity contribution in [1.29, 1.82) is 0 Å². The van der Waals surface area contributed by atoms with Crippen molar-refractivity contribution >= 4 is 19.9 Å². The first-order chi connectivity index (χ1) is 9.40. The zero-order valence-corrected chi connectivity index (χ0v) is 14.5. The first kappa shape index (κ1) is 15.5. The van der Waals surface area contributed by atoms with E-state index < -0.39 is 8.32 Å². The summed E-state index contributed by atoms with van der Waals surface area (Å²) in [7, 11) is 0.0762. The molecule has 1 atom stereocenters. The first-order valence-corrected chi connectivity index (χ1v) is 10.9. The molecule has 0 aromatic heterocycles. The standard InChI is InChI=1S/C16H23ClO2Si/c1-18-16-11-12(9-10-14(16)17)13-7-5-6-8-15(13)19-20(2,3)4/h8-11,13H,5-7H2,1-4H3. The summed E-state index contributed by atoms with van der Waals surface area (Å²) >= 11 is 6.11. The van der Waals surface area contributed by atoms with E-state index in [0.29, 0.717) is 10.9 Å². The fourth-order valence-electron chi connectivity index (χ4n) is 2.54. The SMILES string of the molecule is COc1cc(C2CCCC=C2O[Si](C)(C)C)ccc1Cl. The Morgan fingerprint density at radius 2 is 2.00 bits per heavy atom. The highest BCUT2D eigenvalue weighted by atomic mass is 35.5. The molecule has 0 heterocycles. The molecular weight excluding hydrogens is 288 g/mol. The molecule has 1 aromatic rings. The minimum atomic E-state index is -1.58. The Morgan fingerprint density at radius 1 is 1.25 bits per heavy atom. The van der Waals surface area contributed by atoms with Crippen LogP contribution in [-0.2, 0) is 4.43 Å². The average molecular weight is 311 g/mol. The molecule has 110 valence electrons. The van der Waals surface area contributed by atoms with Crippen molar-refractivity contribution < 1.29 is 9.16 Å². The Labute approximate surface area is 127 Å². The van der Waals surface area contributed by atoms with Crippen LogP contribution in [0.2, 0.25) is 24.7 Å². The molecule has 4 heteroatoms. The summed E-state index contributed by atoms with van der Waals surface area (Å²) in [6.07, 6.45) is 5.70. The third kappa shape index (κ3) is 3.80. The van der Waals surface area contributed by atoms with Gasteiger partial charge in [0.25, 0.3) is 0 Å². The van der Waals surface area contributed by atoms with Gasteiger partial charge in [-0.1, -0.05) is 17.7 Å². The molecule has 2 rings (SSSR count). The van der Waals surface area contributed by atoms with Crippen LogP contribution in [0.5, 0.6) is 5.75 Å². The molecule has 0 N–H and O–H groups in total. The molecule has 0 saturated heterocycles. The van der Waals surface area contributed by atoms with Crippen molar-refractivity contribution in [1.82, 2.24) is 0 Å². The van der Waals surface area contributed by atoms with Gasteiger partial charge in [-0.25, -0.2) is 0 Å². The lowest BCUT2D eigenvalue weighted by molar-refractivity contribution is 0.353. The molecule has 0 aliphatic heterocycles. The molecule has 0 amide bonds. The summed E-state index contributed by atoms with van der Waals surface area (Å²) in [6.45, 7) is 6.67. The minimum absolute atomic E-state index is 0.335. The van der Waals surface area contributed by atoms with Crippen LogP contribution in [0.4, 0.5) is 0 Å². The zero-order valence-electron chi connectivity index (χ0n) is 12.7. The molecule has 1 aliphatic carbocycles. The third-order valence-corrected chi connectivity index (χ3v) is 4.55. The lowest BCUT2D eigenvalue weighted by Crippen LogP contribution is -2.27. The second kappa shape index (κ2) is 6.23. The number of ether oxygens (including phenoxy) is 1. The van der Waals surface area contributed by atoms with Gasteiger partial charge >= 0.3 is 0 Å². The van der Waals surface area contributed by atoms with Gasteiger partial charge in [-0.15, -0.1) is 0 Å². The van der Waals surface area contributed by atoms with Gasteiger partial charge in [0, 0.05) is 5.92 Å². The van der Waals surface area contributed by atoms with E-state index in [0.717, 1.165) is 24.4 Å². The van der Waals surface area contributed by atoms with E-state index in [1.54, 1.807) is 7.11 Å². The predicted molar refractivity (Wildman–Crippen MR) is 87.1 cm³/mol. The summed E-state index contributed by atoms with van der Waals surface area (Å²) in [6, 6.07) is 6.04. The Bertz CT molecular complexity index is 506. The quantitative estimate of drug-likeness (QED) is 0.698. The van der Waals surface area contributed by atoms with Gasteiger partial charge in [0.15, 0.2) is 0 Å². The van der Waals surface area contributed by atoms with Crippen molar-refractivity contribution in [3.8, 4) is 5.75 Å². The zero-order chi connectivity index (χ0) is 14.8. The van der Waals surface area contributed by atoms with Crippen LogP contribution in [0.1, 0.15) is 30.7 Å². The average Bonchev–Trinajstić information content (AvgIpc) is 2.38. The van der Waals surface area contributed by atoms with Gasteiger partial charge in [0.05, 0.1) is 17.9 Å². The van der Waals surface area contributed by atoms with Crippen molar-refractivity contribution in [2.24, 2.45) is 0 Å². The molecule has 0 spiro atoms. The van der Waals surface area contributed by atoms with Crippen LogP contribution in [-0.4, -0.2) is 15.4 Å². The van der Waals surface area contributed by atoms with Gasteiger partial charge in [-0.05, 0) is 62.7 Å². The van der Waals surface area contributed by atoms with Gasteiger partial charge in [0.1, 0.15) is 5.75 Å². The lowest BCUT2D eigenvalue weighted by Gasteiger charge is -2.30. The third-order valence-electron chi connectivity index (χ3n) is 3.39. The van der Waals surface area contributed by atoms with Crippen molar-refractivity contribution in [3.63, 3.8) is 0 Å². The molecule has 1 unspecified atom stereocenters. The molecule has 20 heavy (non-hydrogen) atoms. The normalized spacial score (nSPS) is 19.4. The summed E-state index contributed by atoms with van der Waals surface area (Å²) in [5, 5.41) is 0.656. The summed E-state index contributed by atoms with van der Waals surface area (Å²) in [4.78, 5) is 0. The van der Waals surface area contributed by atoms with E-state index in [1.165, 1.54) is 12.0 Å². The molecule has 1 aromatic carbocycles. The van der Waals surface area contributed by atoms with Gasteiger partial charge < -0.3 is 9.16 Å². The smallest absolute Gasteiger partial charge is 0.241 e. The summed E-state index contributed by atoms with van der Waals surface area (Å²) in [5.74, 6) is 2.21. The fraction of sp³-hybridized carbons (Fsp3) is 0.500. The minimum Gasteiger partial charge on any atom is -0.547 e. The van der Waals surface area contributed by atoms with Gasteiger partial charge in [-0.2, -0.15) is 0 Å². The molecule has 1 aliphatic rings. The van der Waals surface area contributed by atoms with Gasteiger partial charge in [-0.3, -0.25) is 0 Å². The number of hydrogen-bond donors (Lipinski definition) is 0. The highest BCUT2D eigenvalue weighted by molar-refractivity contribution is 6.70. The van der Waals surface area contributed by atoms with Crippen LogP contribution in [0.25, 0.3) is 0 Å². The number of benzene rings is 1. The van der Waals surface area contributed by atoms with Crippen LogP contribution < -0.4 is 4.74 Å². The maximum atomic E-state index is 6.28. The van der Waals surface area contributed by atoms with Crippen molar-refractivity contribution in [3.05, 3.63) is 40.6 Å². The molecule has 0 bridgehead atoms. The van der Waals surface area contributed by atoms with Crippen molar-refractivity contribution in [2.75, 3.05) is 7.11 Å². The van der Waals surface area contributed by atoms with E-state index in [9.17, 15) is 0 Å². The van der Waals surface area contributed by atoms with Crippen LogP contribution in [0.3, 0.4) is 0 Å². The van der Waals surface area contributed by atoms with Gasteiger partial charge in [0.2, 0.25) is 8.32 Å². The topological polar surface area (TPSA) is 18.5 Å². The molecule has 2 nitrogen and oxygen atoms in total. The number of allylic oxidation sites excluding steroid dienone is 2. The first-order valence-electron chi connectivity index (χ1n) is 7.13. The predicted octanol–water partition coefficient (Wildman–Crippen LogP) is 5.35. The second-order valence-corrected chi connectivity index (χ2v) is 11.0. The summed E-state index contributed by atoms with van der Waals surface area (Å²) < 4.78 is 11.6. The van der Waals surface area contributed by atoms with E-state index >= 15 is 0 Å². The van der Waals surface area contributed by atoms with Crippen LogP contribution in [0.15, 0.2) is 30.0 Å². The summed E-state index contributed by atoms with van der Waals surface area (Å²) in [5.41, 5.74) is 1.23. The Balaban J connectivity index is 2.29. The molecule has 0 fully saturated rings. The molecule has 0 saturated carbocycles. The van der Waals surface area contributed by atoms with E-state index in [2.05, 4.69) is 31.8 Å². The highest BCUT2D eigenvalue weighted by Gasteiger charge is 2.26. The maximum Gasteiger partial charge on any atom is 0.241 e. The number of methoxy groups -OCH3 is 1. The fourth-order valence-corrected chi connectivity index (χ4v) is 3.67. The van der Waals surface area contributed by atoms with Crippen LogP contribution >= 0.6 is 11.6 Å². The number of halogens is 1. The Hall–Kier alpha value is -0.933. The molecular formula is C16H23ClO2Si. The van der Waals surface area contributed by atoms with Crippen molar-refractivity contribution in [2.45, 2.75) is 44.8 Å². The number of rotatable bonds is 4. The van der Waals surface area contributed by atoms with Crippen LogP contribution in [0, 0.1) is 0 Å². The monoisotopic (exact) mass is 310 g/mol. The van der Waals surface area contributed by atoms with E-state index in [1.807, 2.05) is 12.1 Å². The maximum absolute atomic E-state index is 6.28. The second-order valence-electron chi connectivity index (χ2n) is 6.20. The lowest BCUT2D eigenvalue weighted by atomic mass is 9.87. The number of hydrogen-bond acceptors (Lipinski definition) is 2. The molecule has 0 radical (unpaired) electrons. The van der Waals surface area contributed by atoms with E-state index in [4.69, 9.17) is 20.8 Å². The van der Waals surface area contributed by atoms with E-state index in [-0.39, 0.29) is 0 Å². The Morgan fingerprint density at radius 3 is 2.65 bits per heavy atom.